The number of aliphatic carboxylic acids is 1. The zero-order chi connectivity index (χ0) is 15.1. The van der Waals surface area contributed by atoms with Gasteiger partial charge in [0.05, 0.1) is 12.2 Å². The molecule has 0 saturated carbocycles. The van der Waals surface area contributed by atoms with Gasteiger partial charge in [-0.05, 0) is 33.7 Å². The number of aryl methyl sites for hydroxylation is 1. The Morgan fingerprint density at radius 1 is 1.50 bits per heavy atom. The van der Waals surface area contributed by atoms with Crippen molar-refractivity contribution in [1.29, 1.82) is 0 Å². The van der Waals surface area contributed by atoms with Crippen LogP contribution in [0.3, 0.4) is 0 Å². The summed E-state index contributed by atoms with van der Waals surface area (Å²) in [7, 11) is 0. The predicted octanol–water partition coefficient (Wildman–Crippen LogP) is 1.97. The number of carboxylic acids is 1. The lowest BCUT2D eigenvalue weighted by molar-refractivity contribution is -0.137. The van der Waals surface area contributed by atoms with Gasteiger partial charge in [0.1, 0.15) is 0 Å². The summed E-state index contributed by atoms with van der Waals surface area (Å²) < 4.78 is 0. The maximum atomic E-state index is 11.9. The summed E-state index contributed by atoms with van der Waals surface area (Å²) in [5, 5.41) is 13.9. The van der Waals surface area contributed by atoms with Crippen LogP contribution >= 0.6 is 11.3 Å². The van der Waals surface area contributed by atoms with Gasteiger partial charge in [-0.3, -0.25) is 14.5 Å². The van der Waals surface area contributed by atoms with Gasteiger partial charge in [-0.1, -0.05) is 0 Å². The van der Waals surface area contributed by atoms with Crippen molar-refractivity contribution in [2.75, 3.05) is 18.4 Å². The second-order valence-electron chi connectivity index (χ2n) is 4.90. The minimum atomic E-state index is -0.809. The second-order valence-corrected chi connectivity index (χ2v) is 5.76. The highest BCUT2D eigenvalue weighted by molar-refractivity contribution is 7.13. The quantitative estimate of drug-likeness (QED) is 0.767. The highest BCUT2D eigenvalue weighted by atomic mass is 32.1. The lowest BCUT2D eigenvalue weighted by Crippen LogP contribution is -2.38. The first-order chi connectivity index (χ1) is 9.38. The number of amides is 1. The Labute approximate surface area is 122 Å². The number of nitrogens with zero attached hydrogens (tertiary/aromatic N) is 2. The molecule has 1 heterocycles. The highest BCUT2D eigenvalue weighted by Crippen LogP contribution is 2.14. The molecule has 1 aromatic rings. The summed E-state index contributed by atoms with van der Waals surface area (Å²) in [6, 6.07) is 0.188. The molecule has 112 valence electrons. The van der Waals surface area contributed by atoms with Crippen LogP contribution in [0.1, 0.15) is 32.4 Å². The number of rotatable bonds is 8. The van der Waals surface area contributed by atoms with Crippen molar-refractivity contribution in [3.05, 3.63) is 11.1 Å². The number of hydrogen-bond donors (Lipinski definition) is 2. The molecule has 1 amide bonds. The Bertz CT molecular complexity index is 459. The smallest absolute Gasteiger partial charge is 0.303 e. The number of aromatic nitrogens is 1. The van der Waals surface area contributed by atoms with Gasteiger partial charge in [-0.2, -0.15) is 0 Å². The van der Waals surface area contributed by atoms with Crippen molar-refractivity contribution in [2.24, 2.45) is 0 Å². The van der Waals surface area contributed by atoms with E-state index in [9.17, 15) is 9.59 Å². The van der Waals surface area contributed by atoms with Crippen LogP contribution in [0, 0.1) is 6.92 Å². The number of thiazole rings is 1. The topological polar surface area (TPSA) is 82.5 Å². The van der Waals surface area contributed by atoms with E-state index in [-0.39, 0.29) is 24.9 Å². The van der Waals surface area contributed by atoms with E-state index in [1.807, 2.05) is 31.1 Å². The molecular weight excluding hydrogens is 278 g/mol. The first kappa shape index (κ1) is 16.6. The van der Waals surface area contributed by atoms with Crippen molar-refractivity contribution in [3.8, 4) is 0 Å². The molecule has 0 spiro atoms. The maximum Gasteiger partial charge on any atom is 0.303 e. The molecule has 0 aromatic carbocycles. The molecule has 0 atom stereocenters. The molecular formula is C13H21N3O3S. The summed E-state index contributed by atoms with van der Waals surface area (Å²) in [5.41, 5.74) is 0.882. The van der Waals surface area contributed by atoms with Gasteiger partial charge in [0, 0.05) is 17.8 Å². The molecule has 0 fully saturated rings. The van der Waals surface area contributed by atoms with Crippen molar-refractivity contribution >= 4 is 28.3 Å². The van der Waals surface area contributed by atoms with Gasteiger partial charge >= 0.3 is 5.97 Å². The van der Waals surface area contributed by atoms with E-state index in [0.29, 0.717) is 18.1 Å². The fourth-order valence-electron chi connectivity index (χ4n) is 1.71. The minimum absolute atomic E-state index is 0.122. The van der Waals surface area contributed by atoms with Crippen LogP contribution in [-0.4, -0.2) is 46.0 Å². The van der Waals surface area contributed by atoms with Gasteiger partial charge in [-0.25, -0.2) is 4.98 Å². The molecule has 0 aliphatic rings. The summed E-state index contributed by atoms with van der Waals surface area (Å²) in [6.45, 7) is 6.69. The normalized spacial score (nSPS) is 11.1. The molecule has 6 nitrogen and oxygen atoms in total. The van der Waals surface area contributed by atoms with Crippen molar-refractivity contribution in [1.82, 2.24) is 9.88 Å². The van der Waals surface area contributed by atoms with E-state index in [4.69, 9.17) is 5.11 Å². The molecule has 20 heavy (non-hydrogen) atoms. The Balaban J connectivity index is 2.44. The average Bonchev–Trinajstić information content (AvgIpc) is 2.72. The molecule has 1 aromatic heterocycles. The Kier molecular flexibility index (Phi) is 6.60. The zero-order valence-corrected chi connectivity index (χ0v) is 12.9. The lowest BCUT2D eigenvalue weighted by atomic mass is 10.2. The monoisotopic (exact) mass is 299 g/mol. The van der Waals surface area contributed by atoms with E-state index >= 15 is 0 Å². The maximum absolute atomic E-state index is 11.9. The first-order valence-corrected chi connectivity index (χ1v) is 7.44. The largest absolute Gasteiger partial charge is 0.481 e. The van der Waals surface area contributed by atoms with E-state index in [0.717, 1.165) is 5.69 Å². The van der Waals surface area contributed by atoms with Crippen LogP contribution in [0.25, 0.3) is 0 Å². The summed E-state index contributed by atoms with van der Waals surface area (Å²) in [5.74, 6) is -0.931. The average molecular weight is 299 g/mol. The van der Waals surface area contributed by atoms with Gasteiger partial charge in [0.2, 0.25) is 5.91 Å². The third kappa shape index (κ3) is 6.12. The van der Waals surface area contributed by atoms with E-state index in [2.05, 4.69) is 10.3 Å². The molecule has 2 N–H and O–H groups in total. The van der Waals surface area contributed by atoms with Gasteiger partial charge in [0.25, 0.3) is 0 Å². The van der Waals surface area contributed by atoms with Gasteiger partial charge in [-0.15, -0.1) is 11.3 Å². The third-order valence-electron chi connectivity index (χ3n) is 2.78. The molecule has 0 bridgehead atoms. The van der Waals surface area contributed by atoms with Crippen molar-refractivity contribution in [2.45, 2.75) is 39.7 Å². The van der Waals surface area contributed by atoms with Gasteiger partial charge < -0.3 is 10.4 Å². The SMILES string of the molecule is Cc1csc(NC(=O)CN(CCCC(=O)O)C(C)C)n1. The molecule has 0 aliphatic heterocycles. The molecule has 0 radical (unpaired) electrons. The molecule has 1 rings (SSSR count). The van der Waals surface area contributed by atoms with Crippen LogP contribution in [0.5, 0.6) is 0 Å². The number of nitrogens with one attached hydrogen (secondary N) is 1. The molecule has 0 saturated heterocycles. The number of hydrogen-bond acceptors (Lipinski definition) is 5. The van der Waals surface area contributed by atoms with Crippen molar-refractivity contribution < 1.29 is 14.7 Å². The predicted molar refractivity (Wildman–Crippen MR) is 79.1 cm³/mol. The summed E-state index contributed by atoms with van der Waals surface area (Å²) in [6.07, 6.45) is 0.660. The first-order valence-electron chi connectivity index (χ1n) is 6.56. The molecule has 0 unspecified atom stereocenters. The van der Waals surface area contributed by atoms with E-state index in [1.54, 1.807) is 0 Å². The molecule has 0 aliphatic carbocycles. The van der Waals surface area contributed by atoms with Gasteiger partial charge in [0.15, 0.2) is 5.13 Å². The zero-order valence-electron chi connectivity index (χ0n) is 12.0. The number of carbonyl (C=O) groups excluding carboxylic acids is 1. The van der Waals surface area contributed by atoms with E-state index in [1.165, 1.54) is 11.3 Å². The summed E-state index contributed by atoms with van der Waals surface area (Å²) in [4.78, 5) is 28.6. The Morgan fingerprint density at radius 3 is 2.70 bits per heavy atom. The minimum Gasteiger partial charge on any atom is -0.481 e. The third-order valence-corrected chi connectivity index (χ3v) is 3.65. The lowest BCUT2D eigenvalue weighted by Gasteiger charge is -2.25. The number of carboxylic acid groups (broad SMARTS) is 1. The van der Waals surface area contributed by atoms with Crippen LogP contribution in [0.4, 0.5) is 5.13 Å². The van der Waals surface area contributed by atoms with Crippen LogP contribution < -0.4 is 5.32 Å². The fraction of sp³-hybridized carbons (Fsp3) is 0.615. The van der Waals surface area contributed by atoms with E-state index < -0.39 is 5.97 Å². The van der Waals surface area contributed by atoms with Crippen LogP contribution in [0.2, 0.25) is 0 Å². The second kappa shape index (κ2) is 7.96. The van der Waals surface area contributed by atoms with Crippen LogP contribution in [-0.2, 0) is 9.59 Å². The van der Waals surface area contributed by atoms with Crippen molar-refractivity contribution in [3.63, 3.8) is 0 Å². The Morgan fingerprint density at radius 2 is 2.20 bits per heavy atom. The molecule has 7 heteroatoms. The van der Waals surface area contributed by atoms with Crippen LogP contribution in [0.15, 0.2) is 5.38 Å². The Hall–Kier alpha value is -1.47. The number of carbonyl (C=O) groups is 2. The summed E-state index contributed by atoms with van der Waals surface area (Å²) >= 11 is 1.40. The highest BCUT2D eigenvalue weighted by Gasteiger charge is 2.15. The fourth-order valence-corrected chi connectivity index (χ4v) is 2.41. The standard InChI is InChI=1S/C13H21N3O3S/c1-9(2)16(6-4-5-12(18)19)7-11(17)15-13-14-10(3)8-20-13/h8-9H,4-7H2,1-3H3,(H,18,19)(H,14,15,17). The number of anilines is 1.